The Balaban J connectivity index is 4.60. The molecule has 6 heteroatoms. The molecule has 0 bridgehead atoms. The summed E-state index contributed by atoms with van der Waals surface area (Å²) < 4.78 is 5.84. The molecule has 0 rings (SSSR count). The molecule has 3 unspecified atom stereocenters. The normalized spacial score (nSPS) is 14.0. The third kappa shape index (κ3) is 32.8. The standard InChI is InChI=1S/C43H77NO5/c1-4-7-10-13-16-19-20-21-22-24-27-30-33-36-43(48)49-39(34-31-28-25-18-15-12-9-6-3)37-42(47)44-40(38-45)41(46)35-32-29-26-23-17-14-11-8-5-2/h7,10,12-13,15-16,19-20,39-41,45-46H,4-6,8-9,11,14,17-18,21-38H2,1-3H3,(H,44,47)/b10-7+,15-12-,16-13+,20-19-. The quantitative estimate of drug-likeness (QED) is 0.0267. The minimum absolute atomic E-state index is 0.0565. The molecule has 0 aromatic carbocycles. The molecular formula is C43H77NO5. The van der Waals surface area contributed by atoms with E-state index < -0.39 is 18.2 Å². The summed E-state index contributed by atoms with van der Waals surface area (Å²) in [6.45, 7) is 6.22. The minimum atomic E-state index is -0.791. The third-order valence-corrected chi connectivity index (χ3v) is 8.93. The molecule has 0 aliphatic carbocycles. The molecule has 0 spiro atoms. The van der Waals surface area contributed by atoms with Crippen molar-refractivity contribution in [1.82, 2.24) is 5.32 Å². The number of carbonyl (C=O) groups excluding carboxylic acids is 2. The first-order valence-electron chi connectivity index (χ1n) is 20.4. The van der Waals surface area contributed by atoms with Gasteiger partial charge in [0.15, 0.2) is 0 Å². The predicted octanol–water partition coefficient (Wildman–Crippen LogP) is 11.2. The van der Waals surface area contributed by atoms with Crippen molar-refractivity contribution in [3.63, 3.8) is 0 Å². The van der Waals surface area contributed by atoms with Crippen LogP contribution in [-0.4, -0.2) is 46.9 Å². The monoisotopic (exact) mass is 688 g/mol. The van der Waals surface area contributed by atoms with Crippen LogP contribution in [0.25, 0.3) is 0 Å². The van der Waals surface area contributed by atoms with Gasteiger partial charge in [-0.25, -0.2) is 0 Å². The first-order valence-corrected chi connectivity index (χ1v) is 20.4. The van der Waals surface area contributed by atoms with Gasteiger partial charge in [-0.05, 0) is 64.2 Å². The van der Waals surface area contributed by atoms with Gasteiger partial charge in [0.1, 0.15) is 6.10 Å². The van der Waals surface area contributed by atoms with Gasteiger partial charge in [0.05, 0.1) is 25.2 Å². The number of rotatable bonds is 35. The molecule has 0 fully saturated rings. The van der Waals surface area contributed by atoms with E-state index in [1.807, 2.05) is 0 Å². The molecule has 0 radical (unpaired) electrons. The van der Waals surface area contributed by atoms with Crippen LogP contribution in [0.1, 0.15) is 188 Å². The van der Waals surface area contributed by atoms with Crippen LogP contribution in [0.4, 0.5) is 0 Å². The smallest absolute Gasteiger partial charge is 0.306 e. The van der Waals surface area contributed by atoms with Crippen molar-refractivity contribution in [3.8, 4) is 0 Å². The maximum atomic E-state index is 13.0. The van der Waals surface area contributed by atoms with E-state index in [1.165, 1.54) is 38.5 Å². The van der Waals surface area contributed by atoms with Crippen LogP contribution >= 0.6 is 0 Å². The molecule has 0 saturated heterocycles. The molecule has 284 valence electrons. The highest BCUT2D eigenvalue weighted by Gasteiger charge is 2.24. The van der Waals surface area contributed by atoms with Crippen LogP contribution in [0.15, 0.2) is 48.6 Å². The number of hydrogen-bond acceptors (Lipinski definition) is 5. The Morgan fingerprint density at radius 1 is 0.612 bits per heavy atom. The number of esters is 1. The highest BCUT2D eigenvalue weighted by Crippen LogP contribution is 2.16. The summed E-state index contributed by atoms with van der Waals surface area (Å²) in [5.74, 6) is -0.524. The lowest BCUT2D eigenvalue weighted by Crippen LogP contribution is -2.46. The number of nitrogens with one attached hydrogen (secondary N) is 1. The zero-order valence-electron chi connectivity index (χ0n) is 32.1. The molecule has 49 heavy (non-hydrogen) atoms. The van der Waals surface area contributed by atoms with Crippen LogP contribution in [0.5, 0.6) is 0 Å². The molecule has 0 aromatic rings. The molecule has 0 heterocycles. The van der Waals surface area contributed by atoms with Gasteiger partial charge in [-0.3, -0.25) is 9.59 Å². The lowest BCUT2D eigenvalue weighted by molar-refractivity contribution is -0.151. The van der Waals surface area contributed by atoms with Gasteiger partial charge in [-0.15, -0.1) is 0 Å². The van der Waals surface area contributed by atoms with Crippen molar-refractivity contribution in [2.24, 2.45) is 0 Å². The average Bonchev–Trinajstić information content (AvgIpc) is 3.09. The highest BCUT2D eigenvalue weighted by molar-refractivity contribution is 5.77. The molecule has 3 atom stereocenters. The highest BCUT2D eigenvalue weighted by atomic mass is 16.5. The van der Waals surface area contributed by atoms with E-state index in [0.29, 0.717) is 19.3 Å². The molecule has 0 aliphatic heterocycles. The Hall–Kier alpha value is -2.18. The summed E-state index contributed by atoms with van der Waals surface area (Å²) in [4.78, 5) is 25.8. The van der Waals surface area contributed by atoms with Crippen molar-refractivity contribution >= 4 is 11.9 Å². The Kier molecular flexibility index (Phi) is 35.4. The maximum Gasteiger partial charge on any atom is 0.306 e. The second kappa shape index (κ2) is 37.1. The number of hydrogen-bond donors (Lipinski definition) is 3. The van der Waals surface area contributed by atoms with E-state index in [1.54, 1.807) is 0 Å². The summed E-state index contributed by atoms with van der Waals surface area (Å²) in [6, 6.07) is -0.706. The Morgan fingerprint density at radius 2 is 1.16 bits per heavy atom. The van der Waals surface area contributed by atoms with Crippen LogP contribution in [0, 0.1) is 0 Å². The van der Waals surface area contributed by atoms with Crippen LogP contribution < -0.4 is 5.32 Å². The summed E-state index contributed by atoms with van der Waals surface area (Å²) in [5, 5.41) is 23.4. The number of carbonyl (C=O) groups is 2. The lowest BCUT2D eigenvalue weighted by Gasteiger charge is -2.24. The number of ether oxygens (including phenoxy) is 1. The Labute approximate surface area is 302 Å². The summed E-state index contributed by atoms with van der Waals surface area (Å²) in [5.41, 5.74) is 0. The number of amides is 1. The van der Waals surface area contributed by atoms with E-state index in [9.17, 15) is 19.8 Å². The summed E-state index contributed by atoms with van der Waals surface area (Å²) in [7, 11) is 0. The van der Waals surface area contributed by atoms with Gasteiger partial charge in [-0.2, -0.15) is 0 Å². The maximum absolute atomic E-state index is 13.0. The molecule has 0 aliphatic rings. The zero-order chi connectivity index (χ0) is 36.0. The zero-order valence-corrected chi connectivity index (χ0v) is 32.1. The van der Waals surface area contributed by atoms with Crippen molar-refractivity contribution in [2.75, 3.05) is 6.61 Å². The summed E-state index contributed by atoms with van der Waals surface area (Å²) >= 11 is 0. The predicted molar refractivity (Wildman–Crippen MR) is 209 cm³/mol. The van der Waals surface area contributed by atoms with Crippen molar-refractivity contribution in [2.45, 2.75) is 206 Å². The fraction of sp³-hybridized carbons (Fsp3) is 0.767. The van der Waals surface area contributed by atoms with Crippen molar-refractivity contribution in [1.29, 1.82) is 0 Å². The van der Waals surface area contributed by atoms with E-state index in [2.05, 4.69) is 74.7 Å². The fourth-order valence-electron chi connectivity index (χ4n) is 5.84. The Bertz CT molecular complexity index is 864. The van der Waals surface area contributed by atoms with E-state index in [-0.39, 0.29) is 24.9 Å². The largest absolute Gasteiger partial charge is 0.462 e. The van der Waals surface area contributed by atoms with Crippen molar-refractivity contribution in [3.05, 3.63) is 48.6 Å². The number of aliphatic hydroxyl groups excluding tert-OH is 2. The lowest BCUT2D eigenvalue weighted by atomic mass is 10.0. The molecule has 1 amide bonds. The van der Waals surface area contributed by atoms with E-state index in [0.717, 1.165) is 103 Å². The van der Waals surface area contributed by atoms with Gasteiger partial charge < -0.3 is 20.3 Å². The first kappa shape index (κ1) is 46.8. The van der Waals surface area contributed by atoms with Crippen LogP contribution in [0.2, 0.25) is 0 Å². The minimum Gasteiger partial charge on any atom is -0.462 e. The summed E-state index contributed by atoms with van der Waals surface area (Å²) in [6.07, 6.45) is 41.8. The number of aliphatic hydroxyl groups is 2. The number of unbranched alkanes of at least 4 members (excludes halogenated alkanes) is 17. The molecule has 0 aromatic heterocycles. The van der Waals surface area contributed by atoms with E-state index >= 15 is 0 Å². The van der Waals surface area contributed by atoms with Crippen molar-refractivity contribution < 1.29 is 24.5 Å². The molecule has 0 saturated carbocycles. The third-order valence-electron chi connectivity index (χ3n) is 8.93. The van der Waals surface area contributed by atoms with Gasteiger partial charge >= 0.3 is 5.97 Å². The van der Waals surface area contributed by atoms with Crippen LogP contribution in [0.3, 0.4) is 0 Å². The second-order valence-corrected chi connectivity index (χ2v) is 13.7. The average molecular weight is 688 g/mol. The second-order valence-electron chi connectivity index (χ2n) is 13.7. The molecule has 3 N–H and O–H groups in total. The van der Waals surface area contributed by atoms with Gasteiger partial charge in [-0.1, -0.05) is 159 Å². The van der Waals surface area contributed by atoms with Crippen LogP contribution in [-0.2, 0) is 14.3 Å². The molecular weight excluding hydrogens is 610 g/mol. The van der Waals surface area contributed by atoms with Gasteiger partial charge in [0.25, 0.3) is 0 Å². The van der Waals surface area contributed by atoms with E-state index in [4.69, 9.17) is 4.74 Å². The van der Waals surface area contributed by atoms with Gasteiger partial charge in [0, 0.05) is 6.42 Å². The Morgan fingerprint density at radius 3 is 1.82 bits per heavy atom. The SMILES string of the molecule is CC/C=C/C=C/C=C\CCCCCCCC(=O)OC(CCCCC/C=C\CCC)CC(=O)NC(CO)C(O)CCCCCCCCCCC. The number of allylic oxidation sites excluding steroid dienone is 8. The van der Waals surface area contributed by atoms with Gasteiger partial charge in [0.2, 0.25) is 5.91 Å². The first-order chi connectivity index (χ1) is 24.0. The molecule has 6 nitrogen and oxygen atoms in total. The topological polar surface area (TPSA) is 95.9 Å². The fourth-order valence-corrected chi connectivity index (χ4v) is 5.84.